The van der Waals surface area contributed by atoms with E-state index in [1.54, 1.807) is 4.90 Å². The molecule has 24 heavy (non-hydrogen) atoms. The zero-order chi connectivity index (χ0) is 17.7. The van der Waals surface area contributed by atoms with E-state index in [1.165, 1.54) is 18.2 Å². The number of aldehydes is 1. The van der Waals surface area contributed by atoms with Crippen LogP contribution < -0.4 is 4.74 Å². The zero-order valence-corrected chi connectivity index (χ0v) is 14.4. The Kier molecular flexibility index (Phi) is 5.80. The van der Waals surface area contributed by atoms with E-state index in [4.69, 9.17) is 9.47 Å². The molecule has 1 aromatic carbocycles. The van der Waals surface area contributed by atoms with Gasteiger partial charge in [0.05, 0.1) is 6.61 Å². The monoisotopic (exact) mass is 337 g/mol. The Morgan fingerprint density at radius 1 is 1.33 bits per heavy atom. The predicted octanol–water partition coefficient (Wildman–Crippen LogP) is 3.66. The molecule has 0 N–H and O–H groups in total. The molecule has 1 amide bonds. The second-order valence-corrected chi connectivity index (χ2v) is 7.03. The summed E-state index contributed by atoms with van der Waals surface area (Å²) in [7, 11) is 0. The van der Waals surface area contributed by atoms with Gasteiger partial charge in [0, 0.05) is 18.7 Å². The third kappa shape index (κ3) is 5.22. The molecular weight excluding hydrogens is 313 g/mol. The third-order valence-corrected chi connectivity index (χ3v) is 3.83. The van der Waals surface area contributed by atoms with Gasteiger partial charge in [-0.1, -0.05) is 0 Å². The molecule has 6 heteroatoms. The van der Waals surface area contributed by atoms with Crippen LogP contribution in [0.5, 0.6) is 5.75 Å². The number of carbonyl (C=O) groups excluding carboxylic acids is 2. The molecule has 132 valence electrons. The first-order valence-corrected chi connectivity index (χ1v) is 8.14. The van der Waals surface area contributed by atoms with Gasteiger partial charge in [0.1, 0.15) is 11.9 Å². The second-order valence-electron chi connectivity index (χ2n) is 7.03. The molecule has 0 aromatic heterocycles. The molecule has 0 aliphatic carbocycles. The maximum absolute atomic E-state index is 13.7. The van der Waals surface area contributed by atoms with Gasteiger partial charge in [-0.05, 0) is 57.7 Å². The number of piperidine rings is 1. The predicted molar refractivity (Wildman–Crippen MR) is 87.8 cm³/mol. The molecule has 1 aliphatic heterocycles. The van der Waals surface area contributed by atoms with E-state index in [0.29, 0.717) is 31.5 Å². The average Bonchev–Trinajstić information content (AvgIpc) is 2.53. The van der Waals surface area contributed by atoms with Crippen molar-refractivity contribution in [3.63, 3.8) is 0 Å². The van der Waals surface area contributed by atoms with Crippen LogP contribution in [0.15, 0.2) is 18.2 Å². The first kappa shape index (κ1) is 18.2. The number of hydrogen-bond acceptors (Lipinski definition) is 4. The Bertz CT molecular complexity index is 589. The molecule has 5 nitrogen and oxygen atoms in total. The van der Waals surface area contributed by atoms with E-state index in [9.17, 15) is 14.0 Å². The van der Waals surface area contributed by atoms with Crippen molar-refractivity contribution < 1.29 is 23.5 Å². The summed E-state index contributed by atoms with van der Waals surface area (Å²) in [4.78, 5) is 24.4. The highest BCUT2D eigenvalue weighted by Crippen LogP contribution is 2.23. The van der Waals surface area contributed by atoms with Crippen LogP contribution in [-0.2, 0) is 4.74 Å². The van der Waals surface area contributed by atoms with Gasteiger partial charge in [0.15, 0.2) is 11.6 Å². The van der Waals surface area contributed by atoms with Gasteiger partial charge in [0.2, 0.25) is 0 Å². The first-order valence-electron chi connectivity index (χ1n) is 8.14. The Hall–Kier alpha value is -2.11. The van der Waals surface area contributed by atoms with Crippen molar-refractivity contribution in [1.82, 2.24) is 4.90 Å². The van der Waals surface area contributed by atoms with Crippen LogP contribution in [0.1, 0.15) is 44.0 Å². The highest BCUT2D eigenvalue weighted by molar-refractivity contribution is 5.75. The van der Waals surface area contributed by atoms with E-state index < -0.39 is 11.4 Å². The molecule has 0 spiro atoms. The molecule has 2 rings (SSSR count). The van der Waals surface area contributed by atoms with Crippen LogP contribution >= 0.6 is 0 Å². The molecule has 1 fully saturated rings. The largest absolute Gasteiger partial charge is 0.490 e. The van der Waals surface area contributed by atoms with Crippen molar-refractivity contribution in [2.45, 2.75) is 39.2 Å². The minimum absolute atomic E-state index is 0.0918. The maximum atomic E-state index is 13.7. The minimum atomic E-state index is -0.502. The highest BCUT2D eigenvalue weighted by Gasteiger charge is 2.27. The summed E-state index contributed by atoms with van der Waals surface area (Å²) < 4.78 is 24.6. The summed E-state index contributed by atoms with van der Waals surface area (Å²) in [5, 5.41) is 0. The van der Waals surface area contributed by atoms with Gasteiger partial charge in [0.25, 0.3) is 0 Å². The van der Waals surface area contributed by atoms with Gasteiger partial charge >= 0.3 is 6.09 Å². The fourth-order valence-electron chi connectivity index (χ4n) is 2.52. The number of rotatable bonds is 4. The van der Waals surface area contributed by atoms with Crippen molar-refractivity contribution in [3.8, 4) is 5.75 Å². The lowest BCUT2D eigenvalue weighted by Gasteiger charge is -2.33. The molecular formula is C18H24FNO4. The van der Waals surface area contributed by atoms with Gasteiger partial charge < -0.3 is 14.4 Å². The second kappa shape index (κ2) is 7.64. The Labute approximate surface area is 141 Å². The van der Waals surface area contributed by atoms with E-state index >= 15 is 0 Å². The molecule has 1 heterocycles. The number of amides is 1. The lowest BCUT2D eigenvalue weighted by Crippen LogP contribution is -2.42. The maximum Gasteiger partial charge on any atom is 0.410 e. The van der Waals surface area contributed by atoms with Crippen molar-refractivity contribution >= 4 is 12.4 Å². The number of likely N-dealkylation sites (tertiary alicyclic amines) is 1. The normalized spacial score (nSPS) is 15.9. The Balaban J connectivity index is 1.81. The SMILES string of the molecule is CC(C)(C)OC(=O)N1CCC(COc2cc(C=O)ccc2F)CC1. The van der Waals surface area contributed by atoms with Crippen LogP contribution in [0, 0.1) is 11.7 Å². The summed E-state index contributed by atoms with van der Waals surface area (Å²) in [6, 6.07) is 4.04. The van der Waals surface area contributed by atoms with Crippen molar-refractivity contribution in [1.29, 1.82) is 0 Å². The first-order chi connectivity index (χ1) is 11.3. The summed E-state index contributed by atoms with van der Waals surface area (Å²) >= 11 is 0. The molecule has 0 radical (unpaired) electrons. The summed E-state index contributed by atoms with van der Waals surface area (Å²) in [6.07, 6.45) is 1.90. The molecule has 1 saturated heterocycles. The van der Waals surface area contributed by atoms with E-state index in [0.717, 1.165) is 12.8 Å². The van der Waals surface area contributed by atoms with Gasteiger partial charge in [-0.3, -0.25) is 4.79 Å². The number of carbonyl (C=O) groups is 2. The molecule has 0 atom stereocenters. The standard InChI is InChI=1S/C18H24FNO4/c1-18(2,3)24-17(22)20-8-6-13(7-9-20)12-23-16-10-14(11-21)4-5-15(16)19/h4-5,10-11,13H,6-9,12H2,1-3H3. The minimum Gasteiger partial charge on any atom is -0.490 e. The van der Waals surface area contributed by atoms with Gasteiger partial charge in [-0.15, -0.1) is 0 Å². The van der Waals surface area contributed by atoms with E-state index in [2.05, 4.69) is 0 Å². The Morgan fingerprint density at radius 3 is 2.58 bits per heavy atom. The number of halogens is 1. The third-order valence-electron chi connectivity index (χ3n) is 3.83. The summed E-state index contributed by atoms with van der Waals surface area (Å²) in [5.74, 6) is -0.149. The summed E-state index contributed by atoms with van der Waals surface area (Å²) in [5.41, 5.74) is -0.121. The van der Waals surface area contributed by atoms with E-state index in [1.807, 2.05) is 20.8 Å². The lowest BCUT2D eigenvalue weighted by atomic mass is 9.98. The van der Waals surface area contributed by atoms with E-state index in [-0.39, 0.29) is 17.8 Å². The summed E-state index contributed by atoms with van der Waals surface area (Å²) in [6.45, 7) is 7.08. The molecule has 0 bridgehead atoms. The highest BCUT2D eigenvalue weighted by atomic mass is 19.1. The molecule has 1 aliphatic rings. The quantitative estimate of drug-likeness (QED) is 0.787. The Morgan fingerprint density at radius 2 is 2.00 bits per heavy atom. The van der Waals surface area contributed by atoms with Crippen molar-refractivity contribution in [2.75, 3.05) is 19.7 Å². The molecule has 1 aromatic rings. The molecule has 0 unspecified atom stereocenters. The smallest absolute Gasteiger partial charge is 0.410 e. The topological polar surface area (TPSA) is 55.8 Å². The van der Waals surface area contributed by atoms with Crippen LogP contribution in [0.3, 0.4) is 0 Å². The van der Waals surface area contributed by atoms with Crippen LogP contribution in [0.4, 0.5) is 9.18 Å². The van der Waals surface area contributed by atoms with Crippen LogP contribution in [0.25, 0.3) is 0 Å². The number of nitrogens with zero attached hydrogens (tertiary/aromatic N) is 1. The van der Waals surface area contributed by atoms with Crippen LogP contribution in [0.2, 0.25) is 0 Å². The number of hydrogen-bond donors (Lipinski definition) is 0. The molecule has 0 saturated carbocycles. The average molecular weight is 337 g/mol. The lowest BCUT2D eigenvalue weighted by molar-refractivity contribution is 0.0164. The van der Waals surface area contributed by atoms with Crippen molar-refractivity contribution in [2.24, 2.45) is 5.92 Å². The van der Waals surface area contributed by atoms with Crippen LogP contribution in [-0.4, -0.2) is 42.6 Å². The van der Waals surface area contributed by atoms with Gasteiger partial charge in [-0.2, -0.15) is 0 Å². The van der Waals surface area contributed by atoms with Crippen molar-refractivity contribution in [3.05, 3.63) is 29.6 Å². The number of ether oxygens (including phenoxy) is 2. The van der Waals surface area contributed by atoms with Gasteiger partial charge in [-0.25, -0.2) is 9.18 Å². The fraction of sp³-hybridized carbons (Fsp3) is 0.556. The number of benzene rings is 1. The zero-order valence-electron chi connectivity index (χ0n) is 14.4. The fourth-order valence-corrected chi connectivity index (χ4v) is 2.52.